The lowest BCUT2D eigenvalue weighted by molar-refractivity contribution is 0.798. The number of nitrogens with zero attached hydrogens (tertiary/aromatic N) is 1. The van der Waals surface area contributed by atoms with Crippen molar-refractivity contribution in [3.8, 4) is 11.1 Å². The van der Waals surface area contributed by atoms with E-state index in [1.165, 1.54) is 22.0 Å². The van der Waals surface area contributed by atoms with Gasteiger partial charge in [0.25, 0.3) is 0 Å². The Morgan fingerprint density at radius 3 is 2.47 bits per heavy atom. The second-order valence-electron chi connectivity index (χ2n) is 4.95. The smallest absolute Gasteiger partial charge is 0.0480 e. The third-order valence-electron chi connectivity index (χ3n) is 3.71. The molecule has 19 heavy (non-hydrogen) atoms. The molecule has 0 aliphatic carbocycles. The van der Waals surface area contributed by atoms with Crippen LogP contribution in [0.1, 0.15) is 12.5 Å². The topological polar surface area (TPSA) is 30.9 Å². The van der Waals surface area contributed by atoms with Crippen LogP contribution in [0.25, 0.3) is 22.0 Å². The van der Waals surface area contributed by atoms with Gasteiger partial charge in [0.05, 0.1) is 0 Å². The Morgan fingerprint density at radius 1 is 1.00 bits per heavy atom. The molecular weight excluding hydrogens is 232 g/mol. The predicted molar refractivity (Wildman–Crippen MR) is 82.2 cm³/mol. The number of fused-ring (bicyclic) bond motifs is 1. The Morgan fingerprint density at radius 2 is 1.74 bits per heavy atom. The minimum absolute atomic E-state index is 0.849. The first kappa shape index (κ1) is 11.8. The van der Waals surface area contributed by atoms with Gasteiger partial charge < -0.3 is 10.3 Å². The molecule has 0 bridgehead atoms. The van der Waals surface area contributed by atoms with Crippen LogP contribution in [-0.2, 0) is 6.54 Å². The maximum Gasteiger partial charge on any atom is 0.0480 e. The standard InChI is InChI=1S/C17H18N2/c1-3-19-9-8-15-11-14(5-7-17(15)19)13-4-6-16(18)12(2)10-13/h4-11H,3,18H2,1-2H3. The summed E-state index contributed by atoms with van der Waals surface area (Å²) in [5.74, 6) is 0. The molecule has 0 amide bonds. The summed E-state index contributed by atoms with van der Waals surface area (Å²) in [6.45, 7) is 5.21. The van der Waals surface area contributed by atoms with Gasteiger partial charge in [0.1, 0.15) is 0 Å². The van der Waals surface area contributed by atoms with Crippen molar-refractivity contribution in [3.05, 3.63) is 54.2 Å². The van der Waals surface area contributed by atoms with Gasteiger partial charge >= 0.3 is 0 Å². The van der Waals surface area contributed by atoms with E-state index in [4.69, 9.17) is 5.73 Å². The van der Waals surface area contributed by atoms with E-state index < -0.39 is 0 Å². The summed E-state index contributed by atoms with van der Waals surface area (Å²) in [7, 11) is 0. The van der Waals surface area contributed by atoms with Gasteiger partial charge in [-0.05, 0) is 60.9 Å². The molecule has 3 rings (SSSR count). The van der Waals surface area contributed by atoms with E-state index in [0.717, 1.165) is 17.8 Å². The van der Waals surface area contributed by atoms with Gasteiger partial charge in [-0.2, -0.15) is 0 Å². The normalized spacial score (nSPS) is 11.1. The van der Waals surface area contributed by atoms with Gasteiger partial charge in [-0.1, -0.05) is 12.1 Å². The Bertz CT molecular complexity index is 738. The molecule has 2 aromatic carbocycles. The Balaban J connectivity index is 2.12. The third-order valence-corrected chi connectivity index (χ3v) is 3.71. The largest absolute Gasteiger partial charge is 0.399 e. The van der Waals surface area contributed by atoms with Crippen LogP contribution in [0.2, 0.25) is 0 Å². The van der Waals surface area contributed by atoms with Crippen molar-refractivity contribution in [2.24, 2.45) is 0 Å². The molecule has 2 N–H and O–H groups in total. The summed E-state index contributed by atoms with van der Waals surface area (Å²) in [4.78, 5) is 0. The zero-order chi connectivity index (χ0) is 13.4. The summed E-state index contributed by atoms with van der Waals surface area (Å²) in [5.41, 5.74) is 11.6. The Kier molecular flexibility index (Phi) is 2.79. The number of aryl methyl sites for hydroxylation is 2. The first-order valence-corrected chi connectivity index (χ1v) is 6.64. The molecule has 2 heteroatoms. The monoisotopic (exact) mass is 250 g/mol. The highest BCUT2D eigenvalue weighted by atomic mass is 14.9. The second kappa shape index (κ2) is 4.47. The maximum absolute atomic E-state index is 5.88. The average Bonchev–Trinajstić information content (AvgIpc) is 2.84. The summed E-state index contributed by atoms with van der Waals surface area (Å²) in [5, 5.41) is 1.29. The summed E-state index contributed by atoms with van der Waals surface area (Å²) in [6.07, 6.45) is 2.14. The molecule has 0 unspecified atom stereocenters. The van der Waals surface area contributed by atoms with Crippen molar-refractivity contribution in [2.45, 2.75) is 20.4 Å². The first-order chi connectivity index (χ1) is 9.19. The lowest BCUT2D eigenvalue weighted by Crippen LogP contribution is -1.91. The molecule has 0 saturated carbocycles. The van der Waals surface area contributed by atoms with E-state index in [2.05, 4.69) is 54.1 Å². The highest BCUT2D eigenvalue weighted by Crippen LogP contribution is 2.27. The highest BCUT2D eigenvalue weighted by molar-refractivity contribution is 5.86. The summed E-state index contributed by atoms with van der Waals surface area (Å²) < 4.78 is 2.26. The van der Waals surface area contributed by atoms with Crippen molar-refractivity contribution < 1.29 is 0 Å². The first-order valence-electron chi connectivity index (χ1n) is 6.64. The van der Waals surface area contributed by atoms with Crippen LogP contribution in [0.5, 0.6) is 0 Å². The molecular formula is C17H18N2. The molecule has 0 aliphatic rings. The van der Waals surface area contributed by atoms with Gasteiger partial charge in [-0.15, -0.1) is 0 Å². The molecule has 1 aromatic heterocycles. The quantitative estimate of drug-likeness (QED) is 0.678. The fourth-order valence-electron chi connectivity index (χ4n) is 2.51. The van der Waals surface area contributed by atoms with Crippen LogP contribution in [0.3, 0.4) is 0 Å². The van der Waals surface area contributed by atoms with Crippen LogP contribution in [-0.4, -0.2) is 4.57 Å². The SMILES string of the molecule is CCn1ccc2cc(-c3ccc(N)c(C)c3)ccc21. The van der Waals surface area contributed by atoms with Crippen molar-refractivity contribution in [1.82, 2.24) is 4.57 Å². The van der Waals surface area contributed by atoms with E-state index in [9.17, 15) is 0 Å². The number of aromatic nitrogens is 1. The van der Waals surface area contributed by atoms with Crippen molar-refractivity contribution >= 4 is 16.6 Å². The van der Waals surface area contributed by atoms with Crippen LogP contribution >= 0.6 is 0 Å². The zero-order valence-corrected chi connectivity index (χ0v) is 11.4. The molecule has 0 spiro atoms. The average molecular weight is 250 g/mol. The van der Waals surface area contributed by atoms with Crippen molar-refractivity contribution in [3.63, 3.8) is 0 Å². The molecule has 0 saturated heterocycles. The van der Waals surface area contributed by atoms with Gasteiger partial charge in [-0.25, -0.2) is 0 Å². The number of rotatable bonds is 2. The zero-order valence-electron chi connectivity index (χ0n) is 11.4. The molecule has 0 atom stereocenters. The van der Waals surface area contributed by atoms with Crippen molar-refractivity contribution in [2.75, 3.05) is 5.73 Å². The summed E-state index contributed by atoms with van der Waals surface area (Å²) in [6, 6.07) is 15.0. The van der Waals surface area contributed by atoms with E-state index in [1.807, 2.05) is 13.0 Å². The number of hydrogen-bond acceptors (Lipinski definition) is 1. The van der Waals surface area contributed by atoms with Crippen LogP contribution < -0.4 is 5.73 Å². The van der Waals surface area contributed by atoms with Crippen LogP contribution in [0.4, 0.5) is 5.69 Å². The van der Waals surface area contributed by atoms with Gasteiger partial charge in [0.15, 0.2) is 0 Å². The summed E-state index contributed by atoms with van der Waals surface area (Å²) >= 11 is 0. The van der Waals surface area contributed by atoms with E-state index in [0.29, 0.717) is 0 Å². The third kappa shape index (κ3) is 1.99. The number of nitrogens with two attached hydrogens (primary N) is 1. The molecule has 2 nitrogen and oxygen atoms in total. The second-order valence-corrected chi connectivity index (χ2v) is 4.95. The molecule has 0 radical (unpaired) electrons. The van der Waals surface area contributed by atoms with Crippen LogP contribution in [0.15, 0.2) is 48.7 Å². The van der Waals surface area contributed by atoms with Crippen LogP contribution in [0, 0.1) is 6.92 Å². The van der Waals surface area contributed by atoms with E-state index in [-0.39, 0.29) is 0 Å². The minimum Gasteiger partial charge on any atom is -0.399 e. The maximum atomic E-state index is 5.88. The highest BCUT2D eigenvalue weighted by Gasteiger charge is 2.04. The number of hydrogen-bond donors (Lipinski definition) is 1. The minimum atomic E-state index is 0.849. The van der Waals surface area contributed by atoms with E-state index in [1.54, 1.807) is 0 Å². The molecule has 1 heterocycles. The fourth-order valence-corrected chi connectivity index (χ4v) is 2.51. The Labute approximate surface area is 113 Å². The van der Waals surface area contributed by atoms with Gasteiger partial charge in [-0.3, -0.25) is 0 Å². The number of nitrogen functional groups attached to an aromatic ring is 1. The van der Waals surface area contributed by atoms with Gasteiger partial charge in [0, 0.05) is 29.3 Å². The lowest BCUT2D eigenvalue weighted by Gasteiger charge is -2.07. The number of benzene rings is 2. The van der Waals surface area contributed by atoms with Crippen molar-refractivity contribution in [1.29, 1.82) is 0 Å². The van der Waals surface area contributed by atoms with Gasteiger partial charge in [0.2, 0.25) is 0 Å². The molecule has 3 aromatic rings. The number of anilines is 1. The van der Waals surface area contributed by atoms with E-state index >= 15 is 0 Å². The predicted octanol–water partition coefficient (Wildman–Crippen LogP) is 4.22. The Hall–Kier alpha value is -2.22. The molecule has 96 valence electrons. The molecule has 0 fully saturated rings. The fraction of sp³-hybridized carbons (Fsp3) is 0.176. The molecule has 0 aliphatic heterocycles. The lowest BCUT2D eigenvalue weighted by atomic mass is 10.0.